The van der Waals surface area contributed by atoms with Crippen molar-refractivity contribution < 1.29 is 10.2 Å². The molecule has 24 heavy (non-hydrogen) atoms. The van der Waals surface area contributed by atoms with Crippen molar-refractivity contribution in [3.8, 4) is 5.75 Å². The third-order valence-corrected chi connectivity index (χ3v) is 4.82. The largest absolute Gasteiger partial charge is 0.506 e. The summed E-state index contributed by atoms with van der Waals surface area (Å²) in [4.78, 5) is 4.66. The Hall–Kier alpha value is -2.05. The molecule has 6 nitrogen and oxygen atoms in total. The molecule has 1 saturated heterocycles. The van der Waals surface area contributed by atoms with Crippen molar-refractivity contribution >= 4 is 5.69 Å². The first-order valence-corrected chi connectivity index (χ1v) is 8.49. The van der Waals surface area contributed by atoms with E-state index in [1.54, 1.807) is 6.07 Å². The maximum absolute atomic E-state index is 10.0. The summed E-state index contributed by atoms with van der Waals surface area (Å²) in [5.74, 6) is 0.350. The first-order chi connectivity index (χ1) is 11.6. The quantitative estimate of drug-likeness (QED) is 0.870. The monoisotopic (exact) mass is 330 g/mol. The standard InChI is InChI=1S/C18H26N4O2/c1-14-16(15(2)22(19-14)11-12-23)13-20-7-9-21(10-8-20)17-5-3-4-6-18(17)24/h3-6,23-24H,7-13H2,1-2H3. The molecule has 0 aliphatic carbocycles. The second kappa shape index (κ2) is 7.23. The van der Waals surface area contributed by atoms with Crippen LogP contribution in [0.5, 0.6) is 5.75 Å². The normalized spacial score (nSPS) is 15.9. The molecule has 0 bridgehead atoms. The first kappa shape index (κ1) is 16.8. The van der Waals surface area contributed by atoms with E-state index in [4.69, 9.17) is 5.11 Å². The van der Waals surface area contributed by atoms with E-state index in [0.717, 1.165) is 49.8 Å². The SMILES string of the molecule is Cc1nn(CCO)c(C)c1CN1CCN(c2ccccc2O)CC1. The number of benzene rings is 1. The fourth-order valence-electron chi connectivity index (χ4n) is 3.38. The Balaban J connectivity index is 1.63. The van der Waals surface area contributed by atoms with E-state index < -0.39 is 0 Å². The molecule has 2 N–H and O–H groups in total. The van der Waals surface area contributed by atoms with Crippen LogP contribution >= 0.6 is 0 Å². The number of hydrogen-bond acceptors (Lipinski definition) is 5. The fourth-order valence-corrected chi connectivity index (χ4v) is 3.38. The van der Waals surface area contributed by atoms with Gasteiger partial charge in [-0.2, -0.15) is 5.10 Å². The van der Waals surface area contributed by atoms with Gasteiger partial charge in [0, 0.05) is 44.0 Å². The molecule has 0 unspecified atom stereocenters. The summed E-state index contributed by atoms with van der Waals surface area (Å²) < 4.78 is 1.89. The zero-order valence-corrected chi connectivity index (χ0v) is 14.4. The highest BCUT2D eigenvalue weighted by molar-refractivity contribution is 5.57. The minimum absolute atomic E-state index is 0.112. The number of phenols is 1. The number of aryl methyl sites for hydroxylation is 1. The van der Waals surface area contributed by atoms with E-state index >= 15 is 0 Å². The van der Waals surface area contributed by atoms with Gasteiger partial charge in [0.1, 0.15) is 5.75 Å². The summed E-state index contributed by atoms with van der Waals surface area (Å²) in [5, 5.41) is 23.7. The third kappa shape index (κ3) is 3.39. The second-order valence-corrected chi connectivity index (χ2v) is 6.35. The van der Waals surface area contributed by atoms with Crippen LogP contribution < -0.4 is 4.90 Å². The molecule has 2 aromatic rings. The molecule has 1 aromatic carbocycles. The summed E-state index contributed by atoms with van der Waals surface area (Å²) in [7, 11) is 0. The van der Waals surface area contributed by atoms with Gasteiger partial charge in [-0.1, -0.05) is 12.1 Å². The number of rotatable bonds is 5. The predicted octanol–water partition coefficient (Wildman–Crippen LogP) is 1.52. The van der Waals surface area contributed by atoms with Crippen LogP contribution in [0.15, 0.2) is 24.3 Å². The van der Waals surface area contributed by atoms with E-state index in [9.17, 15) is 5.11 Å². The van der Waals surface area contributed by atoms with E-state index in [0.29, 0.717) is 12.3 Å². The van der Waals surface area contributed by atoms with Gasteiger partial charge in [0.15, 0.2) is 0 Å². The number of phenolic OH excluding ortho intramolecular Hbond substituents is 1. The van der Waals surface area contributed by atoms with Gasteiger partial charge in [-0.25, -0.2) is 0 Å². The lowest BCUT2D eigenvalue weighted by atomic mass is 10.1. The highest BCUT2D eigenvalue weighted by Gasteiger charge is 2.21. The number of para-hydroxylation sites is 2. The van der Waals surface area contributed by atoms with Gasteiger partial charge in [-0.3, -0.25) is 9.58 Å². The van der Waals surface area contributed by atoms with E-state index in [-0.39, 0.29) is 6.61 Å². The molecule has 1 aliphatic rings. The minimum atomic E-state index is 0.112. The Labute approximate surface area is 142 Å². The molecule has 6 heteroatoms. The molecule has 0 spiro atoms. The number of piperazine rings is 1. The van der Waals surface area contributed by atoms with Crippen LogP contribution in [-0.4, -0.2) is 57.7 Å². The van der Waals surface area contributed by atoms with Crippen molar-refractivity contribution in [2.75, 3.05) is 37.7 Å². The first-order valence-electron chi connectivity index (χ1n) is 8.49. The lowest BCUT2D eigenvalue weighted by molar-refractivity contribution is 0.247. The van der Waals surface area contributed by atoms with Crippen molar-refractivity contribution in [1.29, 1.82) is 0 Å². The van der Waals surface area contributed by atoms with Crippen LogP contribution in [0.1, 0.15) is 17.0 Å². The third-order valence-electron chi connectivity index (χ3n) is 4.82. The van der Waals surface area contributed by atoms with Crippen LogP contribution in [-0.2, 0) is 13.1 Å². The highest BCUT2D eigenvalue weighted by atomic mass is 16.3. The highest BCUT2D eigenvalue weighted by Crippen LogP contribution is 2.27. The van der Waals surface area contributed by atoms with Crippen molar-refractivity contribution in [1.82, 2.24) is 14.7 Å². The van der Waals surface area contributed by atoms with Crippen molar-refractivity contribution in [2.45, 2.75) is 26.9 Å². The number of nitrogens with zero attached hydrogens (tertiary/aromatic N) is 4. The van der Waals surface area contributed by atoms with Crippen LogP contribution in [0.3, 0.4) is 0 Å². The van der Waals surface area contributed by atoms with Crippen LogP contribution in [0, 0.1) is 13.8 Å². The number of anilines is 1. The van der Waals surface area contributed by atoms with Gasteiger partial charge in [0.05, 0.1) is 24.5 Å². The van der Waals surface area contributed by atoms with Gasteiger partial charge in [0.2, 0.25) is 0 Å². The van der Waals surface area contributed by atoms with Crippen LogP contribution in [0.4, 0.5) is 5.69 Å². The lowest BCUT2D eigenvalue weighted by Gasteiger charge is -2.36. The summed E-state index contributed by atoms with van der Waals surface area (Å²) in [6.45, 7) is 9.38. The Morgan fingerprint density at radius 1 is 1.08 bits per heavy atom. The topological polar surface area (TPSA) is 64.8 Å². The van der Waals surface area contributed by atoms with E-state index in [2.05, 4.69) is 21.8 Å². The molecule has 0 amide bonds. The second-order valence-electron chi connectivity index (χ2n) is 6.35. The van der Waals surface area contributed by atoms with Crippen molar-refractivity contribution in [3.05, 3.63) is 41.2 Å². The Morgan fingerprint density at radius 2 is 1.79 bits per heavy atom. The number of aromatic hydroxyl groups is 1. The Bertz CT molecular complexity index is 690. The van der Waals surface area contributed by atoms with Gasteiger partial charge in [-0.15, -0.1) is 0 Å². The molecule has 1 aromatic heterocycles. The number of hydrogen-bond donors (Lipinski definition) is 2. The maximum Gasteiger partial charge on any atom is 0.138 e. The summed E-state index contributed by atoms with van der Waals surface area (Å²) in [6, 6.07) is 7.52. The van der Waals surface area contributed by atoms with E-state index in [1.807, 2.05) is 29.8 Å². The zero-order chi connectivity index (χ0) is 17.1. The molecular weight excluding hydrogens is 304 g/mol. The fraction of sp³-hybridized carbons (Fsp3) is 0.500. The molecule has 130 valence electrons. The average molecular weight is 330 g/mol. The van der Waals surface area contributed by atoms with Crippen molar-refractivity contribution in [3.63, 3.8) is 0 Å². The molecular formula is C18H26N4O2. The summed E-state index contributed by atoms with van der Waals surface area (Å²) in [5.41, 5.74) is 4.37. The van der Waals surface area contributed by atoms with Crippen LogP contribution in [0.2, 0.25) is 0 Å². The maximum atomic E-state index is 10.0. The summed E-state index contributed by atoms with van der Waals surface area (Å²) in [6.07, 6.45) is 0. The Morgan fingerprint density at radius 3 is 2.46 bits per heavy atom. The lowest BCUT2D eigenvalue weighted by Crippen LogP contribution is -2.46. The summed E-state index contributed by atoms with van der Waals surface area (Å²) >= 11 is 0. The van der Waals surface area contributed by atoms with Crippen molar-refractivity contribution in [2.24, 2.45) is 0 Å². The number of aromatic nitrogens is 2. The molecule has 1 aliphatic heterocycles. The molecule has 0 radical (unpaired) electrons. The van der Waals surface area contributed by atoms with E-state index in [1.165, 1.54) is 5.56 Å². The minimum Gasteiger partial charge on any atom is -0.506 e. The smallest absolute Gasteiger partial charge is 0.138 e. The average Bonchev–Trinajstić information content (AvgIpc) is 2.84. The molecule has 2 heterocycles. The van der Waals surface area contributed by atoms with Gasteiger partial charge in [-0.05, 0) is 26.0 Å². The molecule has 3 rings (SSSR count). The molecule has 1 fully saturated rings. The zero-order valence-electron chi connectivity index (χ0n) is 14.4. The van der Waals surface area contributed by atoms with Crippen LogP contribution in [0.25, 0.3) is 0 Å². The predicted molar refractivity (Wildman–Crippen MR) is 94.4 cm³/mol. The molecule has 0 saturated carbocycles. The van der Waals surface area contributed by atoms with Gasteiger partial charge < -0.3 is 15.1 Å². The molecule has 0 atom stereocenters. The van der Waals surface area contributed by atoms with Gasteiger partial charge in [0.25, 0.3) is 0 Å². The number of aliphatic hydroxyl groups is 1. The number of aliphatic hydroxyl groups excluding tert-OH is 1. The van der Waals surface area contributed by atoms with Gasteiger partial charge >= 0.3 is 0 Å². The Kier molecular flexibility index (Phi) is 5.06.